The second kappa shape index (κ2) is 49.0. The monoisotopic (exact) mass is 800 g/mol. The highest BCUT2D eigenvalue weighted by atomic mass is 16.3. The lowest BCUT2D eigenvalue weighted by Crippen LogP contribution is -2.45. The van der Waals surface area contributed by atoms with Gasteiger partial charge in [0, 0.05) is 6.42 Å². The molecule has 4 heteroatoms. The number of carbonyl (C=O) groups is 1. The van der Waals surface area contributed by atoms with Crippen LogP contribution in [-0.4, -0.2) is 34.9 Å². The third-order valence-electron chi connectivity index (χ3n) is 11.9. The number of aliphatic hydroxyl groups is 2. The van der Waals surface area contributed by atoms with Gasteiger partial charge in [0.2, 0.25) is 5.91 Å². The maximum absolute atomic E-state index is 12.3. The summed E-state index contributed by atoms with van der Waals surface area (Å²) in [4.78, 5) is 12.3. The van der Waals surface area contributed by atoms with Crippen molar-refractivity contribution in [3.63, 3.8) is 0 Å². The highest BCUT2D eigenvalue weighted by Crippen LogP contribution is 2.17. The molecule has 0 radical (unpaired) electrons. The summed E-state index contributed by atoms with van der Waals surface area (Å²) in [5.41, 5.74) is 0. The smallest absolute Gasteiger partial charge is 0.220 e. The first-order chi connectivity index (χ1) is 28.2. The molecule has 4 nitrogen and oxygen atoms in total. The summed E-state index contributed by atoms with van der Waals surface area (Å²) in [5, 5.41) is 22.9. The third-order valence-corrected chi connectivity index (χ3v) is 11.9. The maximum Gasteiger partial charge on any atom is 0.220 e. The van der Waals surface area contributed by atoms with Crippen LogP contribution < -0.4 is 5.32 Å². The zero-order chi connectivity index (χ0) is 41.4. The Balaban J connectivity index is 3.32. The largest absolute Gasteiger partial charge is 0.394 e. The molecule has 0 aromatic carbocycles. The van der Waals surface area contributed by atoms with Crippen LogP contribution in [0.5, 0.6) is 0 Å². The van der Waals surface area contributed by atoms with Gasteiger partial charge in [0.1, 0.15) is 0 Å². The standard InChI is InChI=1S/C53H101NO3/c1-3-5-7-9-11-12-13-14-15-16-17-18-19-20-21-22-23-24-25-26-27-28-29-30-31-32-33-34-35-36-37-38-39-40-41-42-43-45-47-49-53(57)54-51(50-55)52(56)48-46-44-10-8-6-4-2/h13-14,16-17,19-20,51-52,55-56H,3-12,15,18,21-50H2,1-2H3,(H,54,57)/b14-13-,17-16-,20-19-. The predicted octanol–water partition coefficient (Wildman–Crippen LogP) is 16.5. The van der Waals surface area contributed by atoms with Crippen LogP contribution in [0.4, 0.5) is 0 Å². The van der Waals surface area contributed by atoms with Gasteiger partial charge in [-0.05, 0) is 51.4 Å². The van der Waals surface area contributed by atoms with Crippen molar-refractivity contribution in [1.29, 1.82) is 0 Å². The van der Waals surface area contributed by atoms with E-state index in [0.717, 1.165) is 38.5 Å². The molecule has 0 saturated carbocycles. The summed E-state index contributed by atoms with van der Waals surface area (Å²) >= 11 is 0. The van der Waals surface area contributed by atoms with Crippen LogP contribution >= 0.6 is 0 Å². The Hall–Kier alpha value is -1.39. The molecule has 0 bridgehead atoms. The molecule has 2 unspecified atom stereocenters. The molecular formula is C53H101NO3. The molecule has 0 aromatic heterocycles. The first-order valence-electron chi connectivity index (χ1n) is 25.7. The summed E-state index contributed by atoms with van der Waals surface area (Å²) in [6, 6.07) is -0.530. The lowest BCUT2D eigenvalue weighted by molar-refractivity contribution is -0.123. The molecule has 1 amide bonds. The SMILES string of the molecule is CCCCCCC/C=C\C/C=C\C/C=C\CCCCCCCCCCCCCCCCCCCCCCCCCCC(=O)NC(CO)C(O)CCCCCCCC. The fraction of sp³-hybridized carbons (Fsp3) is 0.868. The average molecular weight is 800 g/mol. The summed E-state index contributed by atoms with van der Waals surface area (Å²) < 4.78 is 0. The van der Waals surface area contributed by atoms with Crippen molar-refractivity contribution >= 4 is 5.91 Å². The molecule has 3 N–H and O–H groups in total. The molecule has 0 aromatic rings. The van der Waals surface area contributed by atoms with Crippen LogP contribution in [0.1, 0.15) is 277 Å². The number of rotatable bonds is 47. The fourth-order valence-electron chi connectivity index (χ4n) is 7.96. The van der Waals surface area contributed by atoms with E-state index in [9.17, 15) is 15.0 Å². The van der Waals surface area contributed by atoms with Gasteiger partial charge in [-0.2, -0.15) is 0 Å². The lowest BCUT2D eigenvalue weighted by Gasteiger charge is -2.22. The third kappa shape index (κ3) is 45.5. The maximum atomic E-state index is 12.3. The van der Waals surface area contributed by atoms with E-state index in [1.165, 1.54) is 212 Å². The van der Waals surface area contributed by atoms with Crippen molar-refractivity contribution in [3.8, 4) is 0 Å². The summed E-state index contributed by atoms with van der Waals surface area (Å²) in [5.74, 6) is -0.0331. The number of aliphatic hydroxyl groups excluding tert-OH is 2. The molecule has 0 rings (SSSR count). The molecule has 0 heterocycles. The Morgan fingerprint density at radius 3 is 1.07 bits per heavy atom. The van der Waals surface area contributed by atoms with E-state index in [-0.39, 0.29) is 12.5 Å². The minimum Gasteiger partial charge on any atom is -0.394 e. The molecule has 336 valence electrons. The van der Waals surface area contributed by atoms with Crippen LogP contribution in [0, 0.1) is 0 Å². The Bertz CT molecular complexity index is 866. The van der Waals surface area contributed by atoms with Gasteiger partial charge < -0.3 is 15.5 Å². The first-order valence-corrected chi connectivity index (χ1v) is 25.7. The number of allylic oxidation sites excluding steroid dienone is 6. The van der Waals surface area contributed by atoms with Gasteiger partial charge in [0.25, 0.3) is 0 Å². The lowest BCUT2D eigenvalue weighted by atomic mass is 10.0. The number of amides is 1. The zero-order valence-corrected chi connectivity index (χ0v) is 38.6. The summed E-state index contributed by atoms with van der Waals surface area (Å²) in [6.07, 6.45) is 65.9. The topological polar surface area (TPSA) is 69.6 Å². The van der Waals surface area contributed by atoms with Crippen LogP contribution in [0.25, 0.3) is 0 Å². The van der Waals surface area contributed by atoms with Gasteiger partial charge in [-0.15, -0.1) is 0 Å². The van der Waals surface area contributed by atoms with Gasteiger partial charge in [-0.3, -0.25) is 4.79 Å². The van der Waals surface area contributed by atoms with Crippen molar-refractivity contribution < 1.29 is 15.0 Å². The second-order valence-electron chi connectivity index (χ2n) is 17.6. The van der Waals surface area contributed by atoms with E-state index >= 15 is 0 Å². The number of hydrogen-bond acceptors (Lipinski definition) is 3. The molecule has 57 heavy (non-hydrogen) atoms. The highest BCUT2D eigenvalue weighted by Gasteiger charge is 2.20. The molecule has 2 atom stereocenters. The van der Waals surface area contributed by atoms with Gasteiger partial charge in [0.05, 0.1) is 18.8 Å². The average Bonchev–Trinajstić information content (AvgIpc) is 3.22. The van der Waals surface area contributed by atoms with E-state index in [1.807, 2.05) is 0 Å². The number of nitrogens with one attached hydrogen (secondary N) is 1. The number of hydrogen-bond donors (Lipinski definition) is 3. The number of unbranched alkanes of at least 4 members (excludes halogenated alkanes) is 34. The van der Waals surface area contributed by atoms with Crippen molar-refractivity contribution in [2.45, 2.75) is 289 Å². The van der Waals surface area contributed by atoms with Crippen LogP contribution in [0.15, 0.2) is 36.5 Å². The summed E-state index contributed by atoms with van der Waals surface area (Å²) in [6.45, 7) is 4.30. The normalized spacial score (nSPS) is 13.1. The Morgan fingerprint density at radius 1 is 0.421 bits per heavy atom. The van der Waals surface area contributed by atoms with E-state index in [2.05, 4.69) is 55.6 Å². The minimum atomic E-state index is -0.653. The molecule has 0 spiro atoms. The summed E-state index contributed by atoms with van der Waals surface area (Å²) in [7, 11) is 0. The van der Waals surface area contributed by atoms with Crippen molar-refractivity contribution in [2.75, 3.05) is 6.61 Å². The molecule has 0 aliphatic heterocycles. The number of carbonyl (C=O) groups excluding carboxylic acids is 1. The van der Waals surface area contributed by atoms with Gasteiger partial charge in [0.15, 0.2) is 0 Å². The fourth-order valence-corrected chi connectivity index (χ4v) is 7.96. The Labute approximate surface area is 357 Å². The highest BCUT2D eigenvalue weighted by molar-refractivity contribution is 5.76. The predicted molar refractivity (Wildman–Crippen MR) is 253 cm³/mol. The minimum absolute atomic E-state index is 0.0331. The first kappa shape index (κ1) is 55.6. The van der Waals surface area contributed by atoms with E-state index in [1.54, 1.807) is 0 Å². The molecule has 0 saturated heterocycles. The molecule has 0 aliphatic carbocycles. The van der Waals surface area contributed by atoms with Crippen molar-refractivity contribution in [3.05, 3.63) is 36.5 Å². The van der Waals surface area contributed by atoms with Crippen molar-refractivity contribution in [2.24, 2.45) is 0 Å². The zero-order valence-electron chi connectivity index (χ0n) is 38.6. The van der Waals surface area contributed by atoms with Crippen LogP contribution in [0.3, 0.4) is 0 Å². The Morgan fingerprint density at radius 2 is 0.719 bits per heavy atom. The Kier molecular flexibility index (Phi) is 47.8. The van der Waals surface area contributed by atoms with Crippen molar-refractivity contribution in [1.82, 2.24) is 5.32 Å². The van der Waals surface area contributed by atoms with Crippen LogP contribution in [0.2, 0.25) is 0 Å². The molecular weight excluding hydrogens is 699 g/mol. The van der Waals surface area contributed by atoms with Gasteiger partial charge in [-0.1, -0.05) is 256 Å². The molecule has 0 aliphatic rings. The van der Waals surface area contributed by atoms with Gasteiger partial charge in [-0.25, -0.2) is 0 Å². The van der Waals surface area contributed by atoms with E-state index in [0.29, 0.717) is 12.8 Å². The van der Waals surface area contributed by atoms with Crippen LogP contribution in [-0.2, 0) is 4.79 Å². The molecule has 0 fully saturated rings. The quantitative estimate of drug-likeness (QED) is 0.0424. The van der Waals surface area contributed by atoms with Gasteiger partial charge >= 0.3 is 0 Å². The van der Waals surface area contributed by atoms with E-state index < -0.39 is 12.1 Å². The van der Waals surface area contributed by atoms with E-state index in [4.69, 9.17) is 0 Å². The second-order valence-corrected chi connectivity index (χ2v) is 17.6.